The molecule has 1 heterocycles. The number of carbonyl (C=O) groups is 2. The lowest BCUT2D eigenvalue weighted by atomic mass is 10.2. The lowest BCUT2D eigenvalue weighted by Crippen LogP contribution is -2.27. The van der Waals surface area contributed by atoms with Gasteiger partial charge in [0, 0.05) is 29.4 Å². The number of hydrogen-bond donors (Lipinski definition) is 2. The van der Waals surface area contributed by atoms with Crippen molar-refractivity contribution in [1.29, 1.82) is 0 Å². The van der Waals surface area contributed by atoms with Crippen molar-refractivity contribution in [3.63, 3.8) is 0 Å². The Morgan fingerprint density at radius 3 is 2.56 bits per heavy atom. The van der Waals surface area contributed by atoms with Crippen LogP contribution in [0, 0.1) is 6.92 Å². The number of benzene rings is 1. The van der Waals surface area contributed by atoms with Gasteiger partial charge in [0.05, 0.1) is 0 Å². The van der Waals surface area contributed by atoms with Gasteiger partial charge in [0.1, 0.15) is 0 Å². The smallest absolute Gasteiger partial charge is 0.287 e. The fourth-order valence-electron chi connectivity index (χ4n) is 1.96. The molecule has 7 nitrogen and oxygen atoms in total. The maximum atomic E-state index is 11.9. The van der Waals surface area contributed by atoms with Gasteiger partial charge in [0.2, 0.25) is 20.8 Å². The van der Waals surface area contributed by atoms with Crippen LogP contribution in [0.4, 0.5) is 5.69 Å². The molecule has 0 aliphatic heterocycles. The highest BCUT2D eigenvalue weighted by molar-refractivity contribution is 9.10. The first-order valence-corrected chi connectivity index (χ1v) is 9.99. The molecule has 0 aliphatic carbocycles. The summed E-state index contributed by atoms with van der Waals surface area (Å²) < 4.78 is 28.5. The Morgan fingerprint density at radius 1 is 1.20 bits per heavy atom. The minimum absolute atomic E-state index is 0.0668. The zero-order valence-corrected chi connectivity index (χ0v) is 16.0. The van der Waals surface area contributed by atoms with E-state index in [4.69, 9.17) is 4.42 Å². The van der Waals surface area contributed by atoms with Gasteiger partial charge in [-0.25, -0.2) is 8.42 Å². The minimum atomic E-state index is -3.51. The Balaban J connectivity index is 1.85. The molecule has 0 saturated heterocycles. The van der Waals surface area contributed by atoms with E-state index in [0.29, 0.717) is 5.69 Å². The first-order chi connectivity index (χ1) is 11.7. The van der Waals surface area contributed by atoms with Crippen LogP contribution >= 0.6 is 15.9 Å². The normalized spacial score (nSPS) is 11.2. The van der Waals surface area contributed by atoms with Crippen LogP contribution in [0.15, 0.2) is 44.3 Å². The second-order valence-corrected chi connectivity index (χ2v) is 8.27. The summed E-state index contributed by atoms with van der Waals surface area (Å²) in [6.07, 6.45) is 1.05. The topological polar surface area (TPSA) is 105 Å². The molecule has 0 atom stereocenters. The molecule has 0 bridgehead atoms. The van der Waals surface area contributed by atoms with Crippen molar-refractivity contribution in [3.05, 3.63) is 46.1 Å². The molecule has 0 radical (unpaired) electrons. The van der Waals surface area contributed by atoms with Gasteiger partial charge in [0.15, 0.2) is 5.76 Å². The summed E-state index contributed by atoms with van der Waals surface area (Å²) in [5.41, 5.74) is 1.61. The van der Waals surface area contributed by atoms with E-state index in [1.807, 2.05) is 19.1 Å². The Labute approximate surface area is 153 Å². The zero-order chi connectivity index (χ0) is 18.6. The molecular formula is C16H17BrN2O5S. The first-order valence-electron chi connectivity index (χ1n) is 7.31. The molecular weight excluding hydrogens is 412 g/mol. The van der Waals surface area contributed by atoms with E-state index in [1.54, 1.807) is 6.07 Å². The van der Waals surface area contributed by atoms with Crippen LogP contribution in [-0.2, 0) is 14.6 Å². The molecule has 25 heavy (non-hydrogen) atoms. The predicted octanol–water partition coefficient (Wildman–Crippen LogP) is 2.51. The fraction of sp³-hybridized carbons (Fsp3) is 0.250. The number of nitrogens with one attached hydrogen (secondary N) is 2. The third-order valence-electron chi connectivity index (χ3n) is 3.28. The molecule has 0 aliphatic rings. The Hall–Kier alpha value is -2.13. The molecule has 134 valence electrons. The van der Waals surface area contributed by atoms with Gasteiger partial charge >= 0.3 is 0 Å². The number of anilines is 1. The molecule has 0 fully saturated rings. The molecule has 1 aromatic heterocycles. The summed E-state index contributed by atoms with van der Waals surface area (Å²) in [6, 6.07) is 8.03. The summed E-state index contributed by atoms with van der Waals surface area (Å²) in [4.78, 5) is 23.8. The number of carbonyl (C=O) groups excluding carboxylic acids is 2. The minimum Gasteiger partial charge on any atom is -0.440 e. The molecule has 2 rings (SSSR count). The number of amides is 2. The van der Waals surface area contributed by atoms with E-state index < -0.39 is 15.7 Å². The highest BCUT2D eigenvalue weighted by Gasteiger charge is 2.17. The number of sulfone groups is 1. The quantitative estimate of drug-likeness (QED) is 0.734. The van der Waals surface area contributed by atoms with Crippen molar-refractivity contribution in [3.8, 4) is 0 Å². The van der Waals surface area contributed by atoms with E-state index >= 15 is 0 Å². The van der Waals surface area contributed by atoms with Crippen LogP contribution in [0.1, 0.15) is 22.5 Å². The van der Waals surface area contributed by atoms with Crippen molar-refractivity contribution in [1.82, 2.24) is 5.32 Å². The molecule has 2 amide bonds. The maximum absolute atomic E-state index is 11.9. The summed E-state index contributed by atoms with van der Waals surface area (Å²) in [6.45, 7) is 1.97. The average Bonchev–Trinajstić information content (AvgIpc) is 3.01. The Bertz CT molecular complexity index is 905. The highest BCUT2D eigenvalue weighted by Crippen LogP contribution is 2.20. The van der Waals surface area contributed by atoms with Gasteiger partial charge in [-0.3, -0.25) is 9.59 Å². The number of aryl methyl sites for hydroxylation is 1. The van der Waals surface area contributed by atoms with Crippen molar-refractivity contribution in [2.45, 2.75) is 18.4 Å². The van der Waals surface area contributed by atoms with Crippen molar-refractivity contribution < 1.29 is 22.4 Å². The highest BCUT2D eigenvalue weighted by atomic mass is 79.9. The van der Waals surface area contributed by atoms with Crippen molar-refractivity contribution in [2.24, 2.45) is 0 Å². The second kappa shape index (κ2) is 7.83. The molecule has 2 N–H and O–H groups in total. The zero-order valence-electron chi connectivity index (χ0n) is 13.6. The van der Waals surface area contributed by atoms with Crippen LogP contribution in [0.5, 0.6) is 0 Å². The van der Waals surface area contributed by atoms with Crippen molar-refractivity contribution in [2.75, 3.05) is 18.1 Å². The molecule has 9 heteroatoms. The van der Waals surface area contributed by atoms with E-state index in [-0.39, 0.29) is 29.7 Å². The van der Waals surface area contributed by atoms with Crippen LogP contribution in [0.3, 0.4) is 0 Å². The SMILES string of the molecule is Cc1ccc(Br)cc1NC(=O)CCNC(=O)c1ccc(S(C)(=O)=O)o1. The lowest BCUT2D eigenvalue weighted by Gasteiger charge is -2.09. The number of hydrogen-bond acceptors (Lipinski definition) is 5. The van der Waals surface area contributed by atoms with Gasteiger partial charge in [-0.05, 0) is 36.8 Å². The van der Waals surface area contributed by atoms with E-state index in [9.17, 15) is 18.0 Å². The van der Waals surface area contributed by atoms with Crippen LogP contribution in [0.25, 0.3) is 0 Å². The summed E-state index contributed by atoms with van der Waals surface area (Å²) in [5, 5.41) is 5.00. The van der Waals surface area contributed by atoms with Gasteiger partial charge in [-0.15, -0.1) is 0 Å². The third kappa shape index (κ3) is 5.43. The largest absolute Gasteiger partial charge is 0.440 e. The number of rotatable bonds is 6. The van der Waals surface area contributed by atoms with E-state index in [1.165, 1.54) is 12.1 Å². The molecule has 0 spiro atoms. The second-order valence-electron chi connectivity index (χ2n) is 5.40. The number of halogens is 1. The third-order valence-corrected chi connectivity index (χ3v) is 4.73. The maximum Gasteiger partial charge on any atom is 0.287 e. The van der Waals surface area contributed by atoms with Gasteiger partial charge in [0.25, 0.3) is 5.91 Å². The Kier molecular flexibility index (Phi) is 6.02. The van der Waals surface area contributed by atoms with Crippen LogP contribution in [0.2, 0.25) is 0 Å². The predicted molar refractivity (Wildman–Crippen MR) is 96.3 cm³/mol. The summed E-state index contributed by atoms with van der Waals surface area (Å²) in [7, 11) is -3.51. The molecule has 0 unspecified atom stereocenters. The summed E-state index contributed by atoms with van der Waals surface area (Å²) in [5.74, 6) is -0.956. The average molecular weight is 429 g/mol. The molecule has 0 saturated carbocycles. The van der Waals surface area contributed by atoms with E-state index in [2.05, 4.69) is 26.6 Å². The Morgan fingerprint density at radius 2 is 1.92 bits per heavy atom. The molecule has 2 aromatic rings. The first kappa shape index (κ1) is 19.2. The fourth-order valence-corrected chi connectivity index (χ4v) is 2.88. The standard InChI is InChI=1S/C16H17BrN2O5S/c1-10-3-4-11(17)9-12(10)19-14(20)7-8-18-16(21)13-5-6-15(24-13)25(2,22)23/h3-6,9H,7-8H2,1-2H3,(H,18,21)(H,19,20). The van der Waals surface area contributed by atoms with Gasteiger partial charge < -0.3 is 15.1 Å². The number of furan rings is 1. The molecule has 1 aromatic carbocycles. The van der Waals surface area contributed by atoms with Crippen LogP contribution < -0.4 is 10.6 Å². The lowest BCUT2D eigenvalue weighted by molar-refractivity contribution is -0.116. The van der Waals surface area contributed by atoms with Gasteiger partial charge in [-0.2, -0.15) is 0 Å². The van der Waals surface area contributed by atoms with E-state index in [0.717, 1.165) is 16.3 Å². The monoisotopic (exact) mass is 428 g/mol. The van der Waals surface area contributed by atoms with Gasteiger partial charge in [-0.1, -0.05) is 22.0 Å². The van der Waals surface area contributed by atoms with Crippen LogP contribution in [-0.4, -0.2) is 33.0 Å². The van der Waals surface area contributed by atoms with Crippen molar-refractivity contribution >= 4 is 43.3 Å². The summed E-state index contributed by atoms with van der Waals surface area (Å²) >= 11 is 3.34.